The molecule has 1 aromatic carbocycles. The van der Waals surface area contributed by atoms with Crippen molar-refractivity contribution in [3.63, 3.8) is 0 Å². The lowest BCUT2D eigenvalue weighted by Crippen LogP contribution is -2.22. The van der Waals surface area contributed by atoms with E-state index in [9.17, 15) is 4.79 Å². The molecule has 0 bridgehead atoms. The van der Waals surface area contributed by atoms with Crippen LogP contribution in [0.4, 0.5) is 5.69 Å². The van der Waals surface area contributed by atoms with Crippen molar-refractivity contribution in [2.24, 2.45) is 11.7 Å². The number of nitrogens with one attached hydrogen (secondary N) is 1. The summed E-state index contributed by atoms with van der Waals surface area (Å²) in [4.78, 5) is 11.8. The number of carbonyl (C=O) groups excluding carboxylic acids is 1. The van der Waals surface area contributed by atoms with Crippen LogP contribution in [0, 0.1) is 5.92 Å². The van der Waals surface area contributed by atoms with Gasteiger partial charge in [-0.05, 0) is 43.5 Å². The van der Waals surface area contributed by atoms with Crippen LogP contribution in [-0.4, -0.2) is 12.5 Å². The largest absolute Gasteiger partial charge is 0.330 e. The van der Waals surface area contributed by atoms with Crippen LogP contribution < -0.4 is 11.1 Å². The second kappa shape index (κ2) is 7.88. The molecule has 3 heteroatoms. The minimum atomic E-state index is -0.0326. The highest BCUT2D eigenvalue weighted by atomic mass is 16.1. The van der Waals surface area contributed by atoms with E-state index in [-0.39, 0.29) is 11.8 Å². The van der Waals surface area contributed by atoms with Gasteiger partial charge in [-0.1, -0.05) is 32.4 Å². The topological polar surface area (TPSA) is 55.1 Å². The van der Waals surface area contributed by atoms with Gasteiger partial charge in [0.05, 0.1) is 0 Å². The van der Waals surface area contributed by atoms with Gasteiger partial charge in [-0.15, -0.1) is 0 Å². The summed E-state index contributed by atoms with van der Waals surface area (Å²) in [7, 11) is 0. The van der Waals surface area contributed by atoms with Gasteiger partial charge in [-0.2, -0.15) is 0 Å². The van der Waals surface area contributed by atoms with Crippen molar-refractivity contribution >= 4 is 11.6 Å². The number of rotatable bonds is 7. The first-order valence-corrected chi connectivity index (χ1v) is 6.77. The number of benzene rings is 1. The fourth-order valence-corrected chi connectivity index (χ4v) is 1.78. The molecule has 0 aromatic heterocycles. The molecule has 0 fully saturated rings. The molecule has 1 amide bonds. The van der Waals surface area contributed by atoms with Crippen molar-refractivity contribution in [1.29, 1.82) is 0 Å². The number of amides is 1. The van der Waals surface area contributed by atoms with Crippen LogP contribution >= 0.6 is 0 Å². The summed E-state index contributed by atoms with van der Waals surface area (Å²) in [5, 5.41) is 2.92. The monoisotopic (exact) mass is 248 g/mol. The Morgan fingerprint density at radius 1 is 1.33 bits per heavy atom. The summed E-state index contributed by atoms with van der Waals surface area (Å²) >= 11 is 0. The maximum absolute atomic E-state index is 11.8. The molecule has 18 heavy (non-hydrogen) atoms. The molecule has 100 valence electrons. The normalized spacial score (nSPS) is 12.2. The van der Waals surface area contributed by atoms with Crippen LogP contribution in [0.3, 0.4) is 0 Å². The molecule has 0 aliphatic heterocycles. The number of hydrogen-bond acceptors (Lipinski definition) is 2. The van der Waals surface area contributed by atoms with Crippen LogP contribution in [-0.2, 0) is 11.2 Å². The standard InChI is InChI=1S/C15H24N2O/c1-3-4-5-13-6-8-14(9-7-13)17-15(18)12(2)10-11-16/h6-9,12H,3-5,10-11,16H2,1-2H3,(H,17,18). The summed E-state index contributed by atoms with van der Waals surface area (Å²) in [5.74, 6) is 0.0107. The number of carbonyl (C=O) groups is 1. The second-order valence-corrected chi connectivity index (χ2v) is 4.77. The highest BCUT2D eigenvalue weighted by Gasteiger charge is 2.11. The van der Waals surface area contributed by atoms with E-state index in [0.717, 1.165) is 18.5 Å². The number of aryl methyl sites for hydroxylation is 1. The Hall–Kier alpha value is -1.35. The third-order valence-electron chi connectivity index (χ3n) is 3.09. The van der Waals surface area contributed by atoms with Gasteiger partial charge < -0.3 is 11.1 Å². The van der Waals surface area contributed by atoms with E-state index < -0.39 is 0 Å². The number of anilines is 1. The van der Waals surface area contributed by atoms with Gasteiger partial charge in [-0.25, -0.2) is 0 Å². The van der Waals surface area contributed by atoms with Crippen molar-refractivity contribution in [1.82, 2.24) is 0 Å². The maximum atomic E-state index is 11.8. The molecule has 0 saturated heterocycles. The molecular weight excluding hydrogens is 224 g/mol. The minimum absolute atomic E-state index is 0.0326. The summed E-state index contributed by atoms with van der Waals surface area (Å²) in [5.41, 5.74) is 7.64. The maximum Gasteiger partial charge on any atom is 0.227 e. The van der Waals surface area contributed by atoms with Gasteiger partial charge in [-0.3, -0.25) is 4.79 Å². The van der Waals surface area contributed by atoms with E-state index in [0.29, 0.717) is 6.54 Å². The number of unbranched alkanes of at least 4 members (excludes halogenated alkanes) is 1. The molecule has 1 rings (SSSR count). The average molecular weight is 248 g/mol. The molecule has 1 unspecified atom stereocenters. The molecule has 3 nitrogen and oxygen atoms in total. The Kier molecular flexibility index (Phi) is 6.44. The van der Waals surface area contributed by atoms with Crippen LogP contribution in [0.15, 0.2) is 24.3 Å². The molecule has 0 radical (unpaired) electrons. The summed E-state index contributed by atoms with van der Waals surface area (Å²) in [6, 6.07) is 8.11. The Morgan fingerprint density at radius 2 is 2.00 bits per heavy atom. The van der Waals surface area contributed by atoms with Crippen LogP contribution in [0.2, 0.25) is 0 Å². The van der Waals surface area contributed by atoms with Crippen LogP contribution in [0.1, 0.15) is 38.7 Å². The van der Waals surface area contributed by atoms with Crippen LogP contribution in [0.5, 0.6) is 0 Å². The molecule has 0 aliphatic carbocycles. The zero-order valence-corrected chi connectivity index (χ0v) is 11.4. The van der Waals surface area contributed by atoms with E-state index in [4.69, 9.17) is 5.73 Å². The second-order valence-electron chi connectivity index (χ2n) is 4.77. The minimum Gasteiger partial charge on any atom is -0.330 e. The quantitative estimate of drug-likeness (QED) is 0.779. The fraction of sp³-hybridized carbons (Fsp3) is 0.533. The first kappa shape index (κ1) is 14.7. The average Bonchev–Trinajstić information content (AvgIpc) is 2.38. The highest BCUT2D eigenvalue weighted by molar-refractivity contribution is 5.92. The molecule has 1 aromatic rings. The molecule has 0 spiro atoms. The summed E-state index contributed by atoms with van der Waals surface area (Å²) in [6.07, 6.45) is 4.24. The smallest absolute Gasteiger partial charge is 0.227 e. The molecule has 0 saturated carbocycles. The van der Waals surface area contributed by atoms with Crippen molar-refractivity contribution in [3.8, 4) is 0 Å². The third-order valence-corrected chi connectivity index (χ3v) is 3.09. The van der Waals surface area contributed by atoms with Gasteiger partial charge >= 0.3 is 0 Å². The van der Waals surface area contributed by atoms with E-state index in [2.05, 4.69) is 24.4 Å². The summed E-state index contributed by atoms with van der Waals surface area (Å²) in [6.45, 7) is 4.63. The predicted molar refractivity (Wildman–Crippen MR) is 76.5 cm³/mol. The lowest BCUT2D eigenvalue weighted by molar-refractivity contribution is -0.119. The SMILES string of the molecule is CCCCc1ccc(NC(=O)C(C)CCN)cc1. The predicted octanol–water partition coefficient (Wildman–Crippen LogP) is 2.95. The Morgan fingerprint density at radius 3 is 2.56 bits per heavy atom. The lowest BCUT2D eigenvalue weighted by Gasteiger charge is -2.11. The van der Waals surface area contributed by atoms with Gasteiger partial charge in [0, 0.05) is 11.6 Å². The highest BCUT2D eigenvalue weighted by Crippen LogP contribution is 2.13. The van der Waals surface area contributed by atoms with E-state index in [1.165, 1.54) is 18.4 Å². The first-order chi connectivity index (χ1) is 8.67. The zero-order valence-electron chi connectivity index (χ0n) is 11.4. The molecule has 0 heterocycles. The summed E-state index contributed by atoms with van der Waals surface area (Å²) < 4.78 is 0. The van der Waals surface area contributed by atoms with Crippen LogP contribution in [0.25, 0.3) is 0 Å². The van der Waals surface area contributed by atoms with E-state index in [1.54, 1.807) is 0 Å². The number of hydrogen-bond donors (Lipinski definition) is 2. The third kappa shape index (κ3) is 4.88. The van der Waals surface area contributed by atoms with Crippen molar-refractivity contribution < 1.29 is 4.79 Å². The van der Waals surface area contributed by atoms with Gasteiger partial charge in [0.25, 0.3) is 0 Å². The first-order valence-electron chi connectivity index (χ1n) is 6.77. The Labute approximate surface area is 110 Å². The lowest BCUT2D eigenvalue weighted by atomic mass is 10.1. The van der Waals surface area contributed by atoms with Crippen molar-refractivity contribution in [3.05, 3.63) is 29.8 Å². The molecular formula is C15H24N2O. The van der Waals surface area contributed by atoms with Gasteiger partial charge in [0.1, 0.15) is 0 Å². The molecule has 0 aliphatic rings. The van der Waals surface area contributed by atoms with Crippen molar-refractivity contribution in [2.75, 3.05) is 11.9 Å². The van der Waals surface area contributed by atoms with E-state index >= 15 is 0 Å². The van der Waals surface area contributed by atoms with E-state index in [1.807, 2.05) is 19.1 Å². The van der Waals surface area contributed by atoms with Gasteiger partial charge in [0.2, 0.25) is 5.91 Å². The molecule has 3 N–H and O–H groups in total. The molecule has 1 atom stereocenters. The van der Waals surface area contributed by atoms with Crippen molar-refractivity contribution in [2.45, 2.75) is 39.5 Å². The zero-order chi connectivity index (χ0) is 13.4. The number of nitrogens with two attached hydrogens (primary N) is 1. The fourth-order valence-electron chi connectivity index (χ4n) is 1.78. The van der Waals surface area contributed by atoms with Gasteiger partial charge in [0.15, 0.2) is 0 Å². The Bertz CT molecular complexity index is 359. The Balaban J connectivity index is 2.50.